The van der Waals surface area contributed by atoms with E-state index in [2.05, 4.69) is 5.32 Å². The van der Waals surface area contributed by atoms with Crippen molar-refractivity contribution in [3.63, 3.8) is 0 Å². The predicted molar refractivity (Wildman–Crippen MR) is 60.3 cm³/mol. The van der Waals surface area contributed by atoms with E-state index in [4.69, 9.17) is 9.47 Å². The Hall–Kier alpha value is -1.10. The smallest absolute Gasteiger partial charge is 0.302 e. The van der Waals surface area contributed by atoms with Crippen molar-refractivity contribution in [1.82, 2.24) is 5.32 Å². The number of carbonyl (C=O) groups is 2. The number of rotatable bonds is 2. The fourth-order valence-electron chi connectivity index (χ4n) is 2.83. The van der Waals surface area contributed by atoms with Crippen LogP contribution in [-0.4, -0.2) is 36.2 Å². The lowest BCUT2D eigenvalue weighted by Crippen LogP contribution is -2.60. The third-order valence-electron chi connectivity index (χ3n) is 3.48. The minimum atomic E-state index is -0.225. The van der Waals surface area contributed by atoms with Gasteiger partial charge in [-0.05, 0) is 25.7 Å². The molecule has 5 heteroatoms. The zero-order valence-electron chi connectivity index (χ0n) is 10.3. The molecular weight excluding hydrogens is 222 g/mol. The van der Waals surface area contributed by atoms with E-state index in [0.29, 0.717) is 0 Å². The van der Waals surface area contributed by atoms with Gasteiger partial charge in [0.1, 0.15) is 12.2 Å². The van der Waals surface area contributed by atoms with Crippen LogP contribution in [-0.2, 0) is 19.1 Å². The van der Waals surface area contributed by atoms with Crippen LogP contribution in [0.1, 0.15) is 39.5 Å². The van der Waals surface area contributed by atoms with Crippen LogP contribution in [0.15, 0.2) is 0 Å². The van der Waals surface area contributed by atoms with Crippen LogP contribution in [0.2, 0.25) is 0 Å². The number of hydrogen-bond acceptors (Lipinski definition) is 5. The van der Waals surface area contributed by atoms with Crippen LogP contribution in [0.25, 0.3) is 0 Å². The van der Waals surface area contributed by atoms with Crippen molar-refractivity contribution in [3.05, 3.63) is 0 Å². The molecule has 2 saturated heterocycles. The number of nitrogens with one attached hydrogen (secondary N) is 1. The summed E-state index contributed by atoms with van der Waals surface area (Å²) >= 11 is 0. The zero-order chi connectivity index (χ0) is 12.4. The van der Waals surface area contributed by atoms with Gasteiger partial charge in [-0.1, -0.05) is 0 Å². The van der Waals surface area contributed by atoms with E-state index < -0.39 is 0 Å². The first kappa shape index (κ1) is 12.4. The standard InChI is InChI=1S/C12H19NO4/c1-7(14)16-11-5-3-10-12(17-8(2)15)6-4-9(11)13-10/h9-13H,3-6H2,1-2H3/t9-,10-,11-,12-/m1/s1. The van der Waals surface area contributed by atoms with Gasteiger partial charge >= 0.3 is 11.9 Å². The molecule has 17 heavy (non-hydrogen) atoms. The molecule has 1 N–H and O–H groups in total. The molecule has 2 bridgehead atoms. The molecule has 0 saturated carbocycles. The van der Waals surface area contributed by atoms with Gasteiger partial charge in [0, 0.05) is 25.9 Å². The Balaban J connectivity index is 1.91. The normalized spacial score (nSPS) is 36.1. The highest BCUT2D eigenvalue weighted by Crippen LogP contribution is 2.29. The molecule has 2 fully saturated rings. The Labute approximate surface area is 101 Å². The Morgan fingerprint density at radius 2 is 1.29 bits per heavy atom. The van der Waals surface area contributed by atoms with Gasteiger partial charge in [0.15, 0.2) is 0 Å². The average molecular weight is 241 g/mol. The van der Waals surface area contributed by atoms with E-state index in [1.54, 1.807) is 0 Å². The molecule has 0 unspecified atom stereocenters. The van der Waals surface area contributed by atoms with Crippen molar-refractivity contribution in [2.75, 3.05) is 0 Å². The van der Waals surface area contributed by atoms with E-state index in [1.807, 2.05) is 0 Å². The van der Waals surface area contributed by atoms with Crippen LogP contribution in [0.3, 0.4) is 0 Å². The maximum Gasteiger partial charge on any atom is 0.302 e. The average Bonchev–Trinajstić information content (AvgIpc) is 2.24. The summed E-state index contributed by atoms with van der Waals surface area (Å²) in [6, 6.07) is 0.425. The van der Waals surface area contributed by atoms with Gasteiger partial charge in [-0.3, -0.25) is 9.59 Å². The Morgan fingerprint density at radius 1 is 0.882 bits per heavy atom. The van der Waals surface area contributed by atoms with E-state index in [-0.39, 0.29) is 36.2 Å². The molecule has 5 nitrogen and oxygen atoms in total. The first-order chi connectivity index (χ1) is 8.06. The van der Waals surface area contributed by atoms with Crippen molar-refractivity contribution in [3.8, 4) is 0 Å². The van der Waals surface area contributed by atoms with E-state index in [1.165, 1.54) is 13.8 Å². The quantitative estimate of drug-likeness (QED) is 0.723. The molecule has 0 aromatic carbocycles. The number of carbonyl (C=O) groups excluding carboxylic acids is 2. The lowest BCUT2D eigenvalue weighted by atomic mass is 9.83. The summed E-state index contributed by atoms with van der Waals surface area (Å²) < 4.78 is 10.6. The fourth-order valence-corrected chi connectivity index (χ4v) is 2.83. The molecule has 0 aromatic heterocycles. The lowest BCUT2D eigenvalue weighted by molar-refractivity contribution is -0.156. The molecule has 2 aliphatic heterocycles. The van der Waals surface area contributed by atoms with Crippen molar-refractivity contribution < 1.29 is 19.1 Å². The second-order valence-corrected chi connectivity index (χ2v) is 4.83. The molecule has 2 heterocycles. The first-order valence-electron chi connectivity index (χ1n) is 6.16. The van der Waals surface area contributed by atoms with E-state index in [0.717, 1.165) is 25.7 Å². The van der Waals surface area contributed by atoms with Crippen molar-refractivity contribution in [2.24, 2.45) is 0 Å². The molecule has 0 spiro atoms. The summed E-state index contributed by atoms with van der Waals surface area (Å²) in [6.07, 6.45) is 3.40. The highest BCUT2D eigenvalue weighted by molar-refractivity contribution is 5.66. The second-order valence-electron chi connectivity index (χ2n) is 4.83. The monoisotopic (exact) mass is 241 g/mol. The van der Waals surface area contributed by atoms with Gasteiger partial charge in [-0.25, -0.2) is 0 Å². The maximum atomic E-state index is 11.0. The van der Waals surface area contributed by atoms with Crippen LogP contribution in [0.5, 0.6) is 0 Å². The van der Waals surface area contributed by atoms with E-state index >= 15 is 0 Å². The molecule has 2 rings (SSSR count). The molecule has 4 atom stereocenters. The molecule has 0 aromatic rings. The summed E-state index contributed by atoms with van der Waals surface area (Å²) in [5.41, 5.74) is 0. The Morgan fingerprint density at radius 3 is 1.65 bits per heavy atom. The van der Waals surface area contributed by atoms with Crippen molar-refractivity contribution in [2.45, 2.75) is 63.8 Å². The van der Waals surface area contributed by atoms with Crippen LogP contribution in [0.4, 0.5) is 0 Å². The molecule has 96 valence electrons. The number of esters is 2. The topological polar surface area (TPSA) is 64.6 Å². The van der Waals surface area contributed by atoms with Gasteiger partial charge in [-0.15, -0.1) is 0 Å². The van der Waals surface area contributed by atoms with Gasteiger partial charge in [-0.2, -0.15) is 0 Å². The van der Waals surface area contributed by atoms with Crippen LogP contribution >= 0.6 is 0 Å². The molecule has 2 aliphatic rings. The number of hydrogen-bond donors (Lipinski definition) is 1. The minimum Gasteiger partial charge on any atom is -0.461 e. The molecule has 0 radical (unpaired) electrons. The third kappa shape index (κ3) is 2.97. The van der Waals surface area contributed by atoms with Crippen LogP contribution < -0.4 is 5.32 Å². The zero-order valence-corrected chi connectivity index (χ0v) is 10.3. The number of piperidine rings is 2. The summed E-state index contributed by atoms with van der Waals surface area (Å²) in [6.45, 7) is 2.88. The summed E-state index contributed by atoms with van der Waals surface area (Å²) in [7, 11) is 0. The Kier molecular flexibility index (Phi) is 3.66. The summed E-state index contributed by atoms with van der Waals surface area (Å²) in [4.78, 5) is 21.9. The predicted octanol–water partition coefficient (Wildman–Crippen LogP) is 0.764. The number of fused-ring (bicyclic) bond motifs is 2. The SMILES string of the molecule is CC(=O)O[C@@H]1CC[C@H]2N[C@@H]1CC[C@H]2OC(C)=O. The van der Waals surface area contributed by atoms with E-state index in [9.17, 15) is 9.59 Å². The molecule has 0 aliphatic carbocycles. The van der Waals surface area contributed by atoms with Crippen LogP contribution in [0, 0.1) is 0 Å². The summed E-state index contributed by atoms with van der Waals surface area (Å²) in [5.74, 6) is -0.449. The maximum absolute atomic E-state index is 11.0. The molecule has 0 amide bonds. The lowest BCUT2D eigenvalue weighted by Gasteiger charge is -2.44. The van der Waals surface area contributed by atoms with Gasteiger partial charge in [0.05, 0.1) is 0 Å². The highest BCUT2D eigenvalue weighted by atomic mass is 16.5. The highest BCUT2D eigenvalue weighted by Gasteiger charge is 2.40. The van der Waals surface area contributed by atoms with Gasteiger partial charge in [0.2, 0.25) is 0 Å². The minimum absolute atomic E-state index is 0.0259. The van der Waals surface area contributed by atoms with Crippen molar-refractivity contribution >= 4 is 11.9 Å². The van der Waals surface area contributed by atoms with Crippen molar-refractivity contribution in [1.29, 1.82) is 0 Å². The second kappa shape index (κ2) is 5.04. The Bertz CT molecular complexity index is 288. The largest absolute Gasteiger partial charge is 0.461 e. The fraction of sp³-hybridized carbons (Fsp3) is 0.833. The molecular formula is C12H19NO4. The third-order valence-corrected chi connectivity index (χ3v) is 3.48. The van der Waals surface area contributed by atoms with Gasteiger partial charge in [0.25, 0.3) is 0 Å². The summed E-state index contributed by atoms with van der Waals surface area (Å²) in [5, 5.41) is 3.41. The number of ether oxygens (including phenoxy) is 2. The van der Waals surface area contributed by atoms with Gasteiger partial charge < -0.3 is 14.8 Å². The first-order valence-corrected chi connectivity index (χ1v) is 6.16.